The Kier molecular flexibility index (Phi) is 2.51. The van der Waals surface area contributed by atoms with Crippen LogP contribution in [0.5, 0.6) is 0 Å². The lowest BCUT2D eigenvalue weighted by atomic mass is 10.1. The van der Waals surface area contributed by atoms with E-state index in [1.54, 1.807) is 6.07 Å². The molecule has 2 N–H and O–H groups in total. The molecule has 1 heterocycles. The van der Waals surface area contributed by atoms with Crippen molar-refractivity contribution in [3.05, 3.63) is 29.5 Å². The average Bonchev–Trinajstić information content (AvgIpc) is 2.56. The first-order chi connectivity index (χ1) is 7.26. The molecular weight excluding hydrogens is 190 g/mol. The lowest BCUT2D eigenvalue weighted by molar-refractivity contribution is 0.112. The molecule has 0 unspecified atom stereocenters. The van der Waals surface area contributed by atoms with Gasteiger partial charge >= 0.3 is 0 Å². The van der Waals surface area contributed by atoms with Crippen LogP contribution in [0.3, 0.4) is 0 Å². The minimum absolute atomic E-state index is 0.561. The van der Waals surface area contributed by atoms with Gasteiger partial charge in [0.1, 0.15) is 6.29 Å². The largest absolute Gasteiger partial charge is 0.329 e. The smallest absolute Gasteiger partial charge is 0.150 e. The van der Waals surface area contributed by atoms with E-state index in [0.717, 1.165) is 22.9 Å². The normalized spacial score (nSPS) is 10.8. The average molecular weight is 203 g/mol. The van der Waals surface area contributed by atoms with Crippen molar-refractivity contribution in [3.8, 4) is 0 Å². The molecule has 0 aliphatic heterocycles. The quantitative estimate of drug-likeness (QED) is 0.760. The number of aldehydes is 1. The minimum Gasteiger partial charge on any atom is -0.329 e. The molecule has 78 valence electrons. The molecule has 0 atom stereocenters. The van der Waals surface area contributed by atoms with Gasteiger partial charge in [0.05, 0.1) is 17.8 Å². The van der Waals surface area contributed by atoms with Gasteiger partial charge in [0.2, 0.25) is 0 Å². The lowest BCUT2D eigenvalue weighted by Crippen LogP contribution is -2.10. The summed E-state index contributed by atoms with van der Waals surface area (Å²) in [5, 5.41) is 5.40. The molecule has 2 aromatic rings. The summed E-state index contributed by atoms with van der Waals surface area (Å²) in [7, 11) is 0. The molecule has 4 nitrogen and oxygen atoms in total. The Labute approximate surface area is 87.7 Å². The third-order valence-electron chi connectivity index (χ3n) is 2.44. The fourth-order valence-corrected chi connectivity index (χ4v) is 1.72. The zero-order valence-electron chi connectivity index (χ0n) is 8.60. The van der Waals surface area contributed by atoms with Crippen LogP contribution in [0.25, 0.3) is 10.9 Å². The molecule has 2 rings (SSSR count). The van der Waals surface area contributed by atoms with Gasteiger partial charge in [0.25, 0.3) is 0 Å². The molecule has 0 saturated heterocycles. The topological polar surface area (TPSA) is 60.9 Å². The van der Waals surface area contributed by atoms with Gasteiger partial charge in [0, 0.05) is 17.5 Å². The number of nitrogens with zero attached hydrogens (tertiary/aromatic N) is 2. The van der Waals surface area contributed by atoms with Crippen molar-refractivity contribution in [2.45, 2.75) is 13.5 Å². The second-order valence-corrected chi connectivity index (χ2v) is 3.49. The summed E-state index contributed by atoms with van der Waals surface area (Å²) in [6, 6.07) is 5.57. The summed E-state index contributed by atoms with van der Waals surface area (Å²) >= 11 is 0. The second kappa shape index (κ2) is 3.82. The van der Waals surface area contributed by atoms with Crippen molar-refractivity contribution in [1.82, 2.24) is 9.78 Å². The van der Waals surface area contributed by atoms with Crippen LogP contribution in [0.15, 0.2) is 18.2 Å². The Morgan fingerprint density at radius 2 is 2.33 bits per heavy atom. The van der Waals surface area contributed by atoms with Crippen molar-refractivity contribution >= 4 is 17.2 Å². The monoisotopic (exact) mass is 203 g/mol. The highest BCUT2D eigenvalue weighted by Crippen LogP contribution is 2.18. The molecule has 0 aliphatic rings. The van der Waals surface area contributed by atoms with Crippen LogP contribution in [0.4, 0.5) is 0 Å². The number of carbonyl (C=O) groups is 1. The van der Waals surface area contributed by atoms with Crippen molar-refractivity contribution in [3.63, 3.8) is 0 Å². The first-order valence-corrected chi connectivity index (χ1v) is 4.88. The van der Waals surface area contributed by atoms with Gasteiger partial charge in [-0.15, -0.1) is 0 Å². The first kappa shape index (κ1) is 9.86. The summed E-state index contributed by atoms with van der Waals surface area (Å²) in [6.07, 6.45) is 0.846. The fraction of sp³-hybridized carbons (Fsp3) is 0.273. The van der Waals surface area contributed by atoms with Gasteiger partial charge in [0.15, 0.2) is 0 Å². The number of hydrogen-bond donors (Lipinski definition) is 1. The van der Waals surface area contributed by atoms with Gasteiger partial charge in [-0.3, -0.25) is 9.48 Å². The van der Waals surface area contributed by atoms with Gasteiger partial charge in [-0.1, -0.05) is 0 Å². The van der Waals surface area contributed by atoms with Crippen molar-refractivity contribution in [2.75, 3.05) is 6.54 Å². The van der Waals surface area contributed by atoms with E-state index in [1.807, 2.05) is 23.7 Å². The molecule has 15 heavy (non-hydrogen) atoms. The highest BCUT2D eigenvalue weighted by Gasteiger charge is 2.06. The summed E-state index contributed by atoms with van der Waals surface area (Å²) in [5.74, 6) is 0. The molecule has 1 aromatic heterocycles. The van der Waals surface area contributed by atoms with E-state index in [9.17, 15) is 4.79 Å². The number of rotatable bonds is 3. The van der Waals surface area contributed by atoms with Crippen LogP contribution in [0.2, 0.25) is 0 Å². The Hall–Kier alpha value is -1.68. The number of fused-ring (bicyclic) bond motifs is 1. The van der Waals surface area contributed by atoms with Crippen LogP contribution in [0.1, 0.15) is 16.1 Å². The number of aryl methyl sites for hydroxylation is 1. The van der Waals surface area contributed by atoms with Crippen LogP contribution in [-0.4, -0.2) is 22.6 Å². The summed E-state index contributed by atoms with van der Waals surface area (Å²) in [4.78, 5) is 10.6. The second-order valence-electron chi connectivity index (χ2n) is 3.49. The van der Waals surface area contributed by atoms with Gasteiger partial charge in [-0.2, -0.15) is 5.10 Å². The van der Waals surface area contributed by atoms with E-state index in [4.69, 9.17) is 5.73 Å². The highest BCUT2D eigenvalue weighted by atomic mass is 16.1. The highest BCUT2D eigenvalue weighted by molar-refractivity contribution is 5.88. The maximum absolute atomic E-state index is 10.6. The molecule has 0 radical (unpaired) electrons. The molecular formula is C11H13N3O. The third-order valence-corrected chi connectivity index (χ3v) is 2.44. The first-order valence-electron chi connectivity index (χ1n) is 4.88. The van der Waals surface area contributed by atoms with E-state index in [1.165, 1.54) is 0 Å². The van der Waals surface area contributed by atoms with Gasteiger partial charge in [-0.05, 0) is 25.1 Å². The Balaban J connectivity index is 2.63. The zero-order chi connectivity index (χ0) is 10.8. The molecule has 0 saturated carbocycles. The van der Waals surface area contributed by atoms with Crippen molar-refractivity contribution < 1.29 is 4.79 Å². The zero-order valence-corrected chi connectivity index (χ0v) is 8.60. The number of hydrogen-bond acceptors (Lipinski definition) is 3. The summed E-state index contributed by atoms with van der Waals surface area (Å²) < 4.78 is 1.87. The number of carbonyl (C=O) groups excluding carboxylic acids is 1. The molecule has 4 heteroatoms. The Bertz CT molecular complexity index is 502. The molecule has 0 fully saturated rings. The lowest BCUT2D eigenvalue weighted by Gasteiger charge is -1.99. The Morgan fingerprint density at radius 3 is 3.00 bits per heavy atom. The van der Waals surface area contributed by atoms with Crippen LogP contribution in [-0.2, 0) is 6.54 Å². The molecule has 1 aromatic carbocycles. The van der Waals surface area contributed by atoms with Crippen LogP contribution < -0.4 is 5.73 Å². The van der Waals surface area contributed by atoms with E-state index in [2.05, 4.69) is 5.10 Å². The van der Waals surface area contributed by atoms with Crippen molar-refractivity contribution in [1.29, 1.82) is 0 Å². The number of nitrogens with two attached hydrogens (primary N) is 1. The summed E-state index contributed by atoms with van der Waals surface area (Å²) in [6.45, 7) is 3.19. The maximum atomic E-state index is 10.6. The number of aromatic nitrogens is 2. The van der Waals surface area contributed by atoms with E-state index in [-0.39, 0.29) is 0 Å². The Morgan fingerprint density at radius 1 is 1.53 bits per heavy atom. The predicted molar refractivity (Wildman–Crippen MR) is 58.9 cm³/mol. The fourth-order valence-electron chi connectivity index (χ4n) is 1.72. The van der Waals surface area contributed by atoms with E-state index < -0.39 is 0 Å². The van der Waals surface area contributed by atoms with E-state index in [0.29, 0.717) is 18.7 Å². The molecule has 0 amide bonds. The SMILES string of the molecule is Cc1nn(CCN)c2ccc(C=O)cc12. The maximum Gasteiger partial charge on any atom is 0.150 e. The van der Waals surface area contributed by atoms with Crippen LogP contribution in [0, 0.1) is 6.92 Å². The van der Waals surface area contributed by atoms with Crippen molar-refractivity contribution in [2.24, 2.45) is 5.73 Å². The molecule has 0 aliphatic carbocycles. The molecule has 0 bridgehead atoms. The minimum atomic E-state index is 0.561. The predicted octanol–water partition coefficient (Wildman–Crippen LogP) is 1.12. The van der Waals surface area contributed by atoms with Crippen LogP contribution >= 0.6 is 0 Å². The number of benzene rings is 1. The van der Waals surface area contributed by atoms with E-state index >= 15 is 0 Å². The molecule has 0 spiro atoms. The van der Waals surface area contributed by atoms with Gasteiger partial charge < -0.3 is 5.73 Å². The standard InChI is InChI=1S/C11H13N3O/c1-8-10-6-9(7-15)2-3-11(10)14(13-8)5-4-12/h2-3,6-7H,4-5,12H2,1H3. The van der Waals surface area contributed by atoms with Gasteiger partial charge in [-0.25, -0.2) is 0 Å². The third kappa shape index (κ3) is 1.64. The summed E-state index contributed by atoms with van der Waals surface area (Å²) in [5.41, 5.74) is 8.14.